The van der Waals surface area contributed by atoms with Gasteiger partial charge in [0.1, 0.15) is 6.04 Å². The average molecular weight is 311 g/mol. The minimum absolute atomic E-state index is 0.0529. The monoisotopic (exact) mass is 311 g/mol. The van der Waals surface area contributed by atoms with Gasteiger partial charge < -0.3 is 5.11 Å². The molecule has 0 aliphatic rings. The summed E-state index contributed by atoms with van der Waals surface area (Å²) < 4.78 is 0. The fraction of sp³-hybridized carbons (Fsp3) is 0.250. The molecule has 1 rings (SSSR count). The lowest BCUT2D eigenvalue weighted by Crippen LogP contribution is -2.41. The van der Waals surface area contributed by atoms with Gasteiger partial charge in [-0.15, -0.1) is 6.58 Å². The van der Waals surface area contributed by atoms with Crippen molar-refractivity contribution in [3.05, 3.63) is 78.4 Å². The van der Waals surface area contributed by atoms with E-state index in [1.54, 1.807) is 6.08 Å². The molecule has 1 aromatic rings. The molecular formula is C20H25NO2. The molecule has 0 saturated heterocycles. The topological polar surface area (TPSA) is 49.3 Å². The molecule has 1 unspecified atom stereocenters. The summed E-state index contributed by atoms with van der Waals surface area (Å²) in [6.07, 6.45) is 11.9. The van der Waals surface area contributed by atoms with Crippen LogP contribution in [-0.2, 0) is 4.79 Å². The molecule has 2 N–H and O–H groups in total. The first-order chi connectivity index (χ1) is 11.1. The zero-order valence-corrected chi connectivity index (χ0v) is 13.8. The van der Waals surface area contributed by atoms with E-state index in [2.05, 4.69) is 11.9 Å². The van der Waals surface area contributed by atoms with E-state index in [-0.39, 0.29) is 6.04 Å². The van der Waals surface area contributed by atoms with Crippen LogP contribution in [0.2, 0.25) is 0 Å². The van der Waals surface area contributed by atoms with Crippen LogP contribution in [0.15, 0.2) is 72.9 Å². The maximum atomic E-state index is 11.4. The minimum Gasteiger partial charge on any atom is -0.480 e. The van der Waals surface area contributed by atoms with Gasteiger partial charge in [-0.05, 0) is 31.4 Å². The van der Waals surface area contributed by atoms with Gasteiger partial charge in [0.05, 0.1) is 0 Å². The average Bonchev–Trinajstić information content (AvgIpc) is 2.55. The van der Waals surface area contributed by atoms with Gasteiger partial charge in [0, 0.05) is 6.04 Å². The fourth-order valence-electron chi connectivity index (χ4n) is 2.09. The van der Waals surface area contributed by atoms with Crippen molar-refractivity contribution in [2.45, 2.75) is 32.4 Å². The summed E-state index contributed by atoms with van der Waals surface area (Å²) in [5.41, 5.74) is 2.06. The number of allylic oxidation sites excluding steroid dienone is 4. The second-order valence-corrected chi connectivity index (χ2v) is 5.30. The molecule has 3 heteroatoms. The van der Waals surface area contributed by atoms with Gasteiger partial charge in [0.25, 0.3) is 0 Å². The normalized spacial score (nSPS) is 15.0. The van der Waals surface area contributed by atoms with Gasteiger partial charge >= 0.3 is 5.97 Å². The van der Waals surface area contributed by atoms with Crippen LogP contribution in [0, 0.1) is 0 Å². The minimum atomic E-state index is -0.860. The first-order valence-electron chi connectivity index (χ1n) is 7.73. The summed E-state index contributed by atoms with van der Waals surface area (Å²) in [6, 6.07) is 9.29. The molecule has 0 bridgehead atoms. The van der Waals surface area contributed by atoms with E-state index in [0.717, 1.165) is 11.1 Å². The van der Waals surface area contributed by atoms with Crippen molar-refractivity contribution >= 4 is 12.0 Å². The Balaban J connectivity index is 2.83. The van der Waals surface area contributed by atoms with E-state index in [4.69, 9.17) is 0 Å². The molecule has 0 fully saturated rings. The standard InChI is InChI=1S/C20H25NO2/c1-4-10-18(14-9-13-17-11-7-6-8-12-17)15-19(20(22)23)21-16(3)5-2/h4-14,16,19,21H,2,15H2,1,3H3,(H,22,23)/b10-4-,13-9+,18-14+/t16-,19?/m0/s1. The van der Waals surface area contributed by atoms with E-state index in [1.165, 1.54) is 0 Å². The SMILES string of the molecule is C=C[C@H](C)NC(CC(/C=C\C)=C/C=C/c1ccccc1)C(=O)O. The van der Waals surface area contributed by atoms with E-state index >= 15 is 0 Å². The van der Waals surface area contributed by atoms with Crippen LogP contribution >= 0.6 is 0 Å². The highest BCUT2D eigenvalue weighted by Crippen LogP contribution is 2.11. The van der Waals surface area contributed by atoms with Crippen LogP contribution in [-0.4, -0.2) is 23.2 Å². The molecule has 0 amide bonds. The van der Waals surface area contributed by atoms with Crippen molar-refractivity contribution in [1.29, 1.82) is 0 Å². The molecule has 0 aliphatic carbocycles. The van der Waals surface area contributed by atoms with Gasteiger partial charge in [0.15, 0.2) is 0 Å². The van der Waals surface area contributed by atoms with Crippen LogP contribution in [0.4, 0.5) is 0 Å². The van der Waals surface area contributed by atoms with Gasteiger partial charge in [-0.2, -0.15) is 0 Å². The Morgan fingerprint density at radius 3 is 2.61 bits per heavy atom. The molecule has 1 aromatic carbocycles. The summed E-state index contributed by atoms with van der Waals surface area (Å²) in [5, 5.41) is 12.4. The Labute approximate surface area is 138 Å². The molecule has 122 valence electrons. The maximum absolute atomic E-state index is 11.4. The predicted molar refractivity (Wildman–Crippen MR) is 97.2 cm³/mol. The van der Waals surface area contributed by atoms with Crippen LogP contribution in [0.1, 0.15) is 25.8 Å². The zero-order chi connectivity index (χ0) is 17.1. The third-order valence-electron chi connectivity index (χ3n) is 3.33. The van der Waals surface area contributed by atoms with Crippen LogP contribution in [0.5, 0.6) is 0 Å². The van der Waals surface area contributed by atoms with Crippen molar-refractivity contribution in [2.24, 2.45) is 0 Å². The van der Waals surface area contributed by atoms with Gasteiger partial charge in [-0.25, -0.2) is 0 Å². The van der Waals surface area contributed by atoms with Gasteiger partial charge in [0.2, 0.25) is 0 Å². The summed E-state index contributed by atoms with van der Waals surface area (Å²) in [7, 11) is 0. The molecule has 0 radical (unpaired) electrons. The molecule has 0 aliphatic heterocycles. The van der Waals surface area contributed by atoms with E-state index in [0.29, 0.717) is 6.42 Å². The zero-order valence-electron chi connectivity index (χ0n) is 13.8. The van der Waals surface area contributed by atoms with E-state index in [1.807, 2.05) is 74.6 Å². The van der Waals surface area contributed by atoms with Crippen molar-refractivity contribution in [2.75, 3.05) is 0 Å². The van der Waals surface area contributed by atoms with E-state index in [9.17, 15) is 9.90 Å². The van der Waals surface area contributed by atoms with Crippen molar-refractivity contribution < 1.29 is 9.90 Å². The fourth-order valence-corrected chi connectivity index (χ4v) is 2.09. The van der Waals surface area contributed by atoms with Crippen molar-refractivity contribution in [3.8, 4) is 0 Å². The van der Waals surface area contributed by atoms with Crippen LogP contribution < -0.4 is 5.32 Å². The number of carbonyl (C=O) groups is 1. The first-order valence-corrected chi connectivity index (χ1v) is 7.73. The van der Waals surface area contributed by atoms with Crippen molar-refractivity contribution in [3.63, 3.8) is 0 Å². The number of carboxylic acid groups (broad SMARTS) is 1. The summed E-state index contributed by atoms with van der Waals surface area (Å²) in [5.74, 6) is -0.860. The third kappa shape index (κ3) is 7.43. The van der Waals surface area contributed by atoms with Gasteiger partial charge in [-0.3, -0.25) is 10.1 Å². The highest BCUT2D eigenvalue weighted by atomic mass is 16.4. The van der Waals surface area contributed by atoms with Crippen molar-refractivity contribution in [1.82, 2.24) is 5.32 Å². The summed E-state index contributed by atoms with van der Waals surface area (Å²) >= 11 is 0. The second kappa shape index (κ2) is 10.4. The lowest BCUT2D eigenvalue weighted by molar-refractivity contribution is -0.139. The summed E-state index contributed by atoms with van der Waals surface area (Å²) in [6.45, 7) is 7.48. The Bertz CT molecular complexity index is 585. The number of hydrogen-bond acceptors (Lipinski definition) is 2. The highest BCUT2D eigenvalue weighted by molar-refractivity contribution is 5.74. The van der Waals surface area contributed by atoms with E-state index < -0.39 is 12.0 Å². The second-order valence-electron chi connectivity index (χ2n) is 5.30. The highest BCUT2D eigenvalue weighted by Gasteiger charge is 2.19. The number of rotatable bonds is 9. The Morgan fingerprint density at radius 1 is 1.35 bits per heavy atom. The molecule has 2 atom stereocenters. The number of nitrogens with one attached hydrogen (secondary N) is 1. The molecule has 23 heavy (non-hydrogen) atoms. The largest absolute Gasteiger partial charge is 0.480 e. The molecule has 0 spiro atoms. The molecule has 3 nitrogen and oxygen atoms in total. The maximum Gasteiger partial charge on any atom is 0.321 e. The molecule has 0 heterocycles. The number of aliphatic carboxylic acids is 1. The number of benzene rings is 1. The lowest BCUT2D eigenvalue weighted by atomic mass is 10.0. The van der Waals surface area contributed by atoms with Crippen LogP contribution in [0.25, 0.3) is 6.08 Å². The predicted octanol–water partition coefficient (Wildman–Crippen LogP) is 4.21. The smallest absolute Gasteiger partial charge is 0.321 e. The first kappa shape index (κ1) is 18.7. The molecular weight excluding hydrogens is 286 g/mol. The Morgan fingerprint density at radius 2 is 2.04 bits per heavy atom. The number of hydrogen-bond donors (Lipinski definition) is 2. The Hall–Kier alpha value is -2.39. The number of carboxylic acids is 1. The molecule has 0 saturated carbocycles. The van der Waals surface area contributed by atoms with Gasteiger partial charge in [-0.1, -0.05) is 66.8 Å². The summed E-state index contributed by atoms with van der Waals surface area (Å²) in [4.78, 5) is 11.4. The quantitative estimate of drug-likeness (QED) is 0.530. The third-order valence-corrected chi connectivity index (χ3v) is 3.33. The molecule has 0 aromatic heterocycles. The van der Waals surface area contributed by atoms with Crippen LogP contribution in [0.3, 0.4) is 0 Å². The Kier molecular flexibility index (Phi) is 8.40. The lowest BCUT2D eigenvalue weighted by Gasteiger charge is -2.18.